The van der Waals surface area contributed by atoms with E-state index in [-0.39, 0.29) is 18.3 Å². The number of hydrogen-bond donors (Lipinski definition) is 6. The molecule has 0 fully saturated rings. The monoisotopic (exact) mass is 402 g/mol. The van der Waals surface area contributed by atoms with Gasteiger partial charge in [-0.3, -0.25) is 14.4 Å². The van der Waals surface area contributed by atoms with Crippen LogP contribution >= 0.6 is 0 Å². The van der Waals surface area contributed by atoms with E-state index >= 15 is 0 Å². The molecule has 0 aliphatic rings. The molecule has 0 spiro atoms. The summed E-state index contributed by atoms with van der Waals surface area (Å²) in [7, 11) is 0. The Hall–Kier alpha value is -2.20. The predicted molar refractivity (Wildman–Crippen MR) is 103 cm³/mol. The van der Waals surface area contributed by atoms with Gasteiger partial charge in [0, 0.05) is 0 Å². The SMILES string of the molecule is CC(C)CC(NC(=O)C(NC(=O)C(C)NC(=O)C(N)C(C)C)C(C)O)C(=O)O. The fourth-order valence-electron chi connectivity index (χ4n) is 2.32. The quantitative estimate of drug-likeness (QED) is 0.256. The van der Waals surface area contributed by atoms with Crippen LogP contribution in [0.1, 0.15) is 48.0 Å². The van der Waals surface area contributed by atoms with Gasteiger partial charge in [0.25, 0.3) is 0 Å². The number of aliphatic hydroxyl groups excluding tert-OH is 1. The fourth-order valence-corrected chi connectivity index (χ4v) is 2.32. The summed E-state index contributed by atoms with van der Waals surface area (Å²) in [5.74, 6) is -3.36. The number of aliphatic carboxylic acids is 1. The standard InChI is InChI=1S/C18H34N4O6/c1-8(2)7-12(18(27)28)21-17(26)14(11(6)23)22-15(24)10(5)20-16(25)13(19)9(3)4/h8-14,23H,7,19H2,1-6H3,(H,20,25)(H,21,26)(H,22,24)(H,27,28). The van der Waals surface area contributed by atoms with Gasteiger partial charge >= 0.3 is 5.97 Å². The van der Waals surface area contributed by atoms with E-state index in [0.29, 0.717) is 0 Å². The summed E-state index contributed by atoms with van der Waals surface area (Å²) in [6.07, 6.45) is -1.08. The Balaban J connectivity index is 5.04. The zero-order chi connectivity index (χ0) is 22.2. The van der Waals surface area contributed by atoms with Crippen LogP contribution in [0.2, 0.25) is 0 Å². The van der Waals surface area contributed by atoms with E-state index in [0.717, 1.165) is 0 Å². The van der Waals surface area contributed by atoms with Gasteiger partial charge in [0.05, 0.1) is 12.1 Å². The van der Waals surface area contributed by atoms with Crippen molar-refractivity contribution in [2.75, 3.05) is 0 Å². The van der Waals surface area contributed by atoms with Gasteiger partial charge in [0.2, 0.25) is 17.7 Å². The number of carboxylic acids is 1. The Bertz CT molecular complexity index is 564. The molecule has 5 unspecified atom stereocenters. The molecule has 28 heavy (non-hydrogen) atoms. The summed E-state index contributed by atoms with van der Waals surface area (Å²) in [5.41, 5.74) is 5.73. The van der Waals surface area contributed by atoms with Crippen molar-refractivity contribution in [1.82, 2.24) is 16.0 Å². The smallest absolute Gasteiger partial charge is 0.326 e. The van der Waals surface area contributed by atoms with Crippen molar-refractivity contribution in [2.24, 2.45) is 17.6 Å². The highest BCUT2D eigenvalue weighted by atomic mass is 16.4. The van der Waals surface area contributed by atoms with E-state index in [2.05, 4.69) is 16.0 Å². The summed E-state index contributed by atoms with van der Waals surface area (Å²) in [6, 6.07) is -4.32. The van der Waals surface area contributed by atoms with Crippen LogP contribution in [0.3, 0.4) is 0 Å². The van der Waals surface area contributed by atoms with Crippen molar-refractivity contribution in [2.45, 2.75) is 78.2 Å². The lowest BCUT2D eigenvalue weighted by molar-refractivity contribution is -0.143. The van der Waals surface area contributed by atoms with Crippen molar-refractivity contribution in [3.63, 3.8) is 0 Å². The third kappa shape index (κ3) is 8.66. The number of hydrogen-bond acceptors (Lipinski definition) is 6. The molecule has 0 aliphatic carbocycles. The molecule has 0 saturated heterocycles. The Labute approximate surface area is 165 Å². The number of amides is 3. The Morgan fingerprint density at radius 1 is 0.857 bits per heavy atom. The number of carbonyl (C=O) groups excluding carboxylic acids is 3. The lowest BCUT2D eigenvalue weighted by Gasteiger charge is -2.26. The van der Waals surface area contributed by atoms with E-state index in [1.807, 2.05) is 13.8 Å². The van der Waals surface area contributed by atoms with Crippen LogP contribution in [-0.2, 0) is 19.2 Å². The van der Waals surface area contributed by atoms with Crippen LogP contribution in [0.4, 0.5) is 0 Å². The van der Waals surface area contributed by atoms with Gasteiger partial charge in [-0.2, -0.15) is 0 Å². The number of carbonyl (C=O) groups is 4. The summed E-state index contributed by atoms with van der Waals surface area (Å²) < 4.78 is 0. The number of carboxylic acid groups (broad SMARTS) is 1. The highest BCUT2D eigenvalue weighted by Crippen LogP contribution is 2.06. The maximum Gasteiger partial charge on any atom is 0.326 e. The molecule has 0 aromatic heterocycles. The molecule has 0 bridgehead atoms. The Kier molecular flexibility index (Phi) is 10.7. The van der Waals surface area contributed by atoms with Crippen LogP contribution < -0.4 is 21.7 Å². The van der Waals surface area contributed by atoms with Crippen molar-refractivity contribution in [1.29, 1.82) is 0 Å². The second-order valence-corrected chi connectivity index (χ2v) is 7.76. The molecule has 10 heteroatoms. The van der Waals surface area contributed by atoms with Crippen LogP contribution in [-0.4, -0.2) is 64.2 Å². The lowest BCUT2D eigenvalue weighted by Crippen LogP contribution is -2.59. The molecule has 0 rings (SSSR count). The first kappa shape index (κ1) is 25.8. The van der Waals surface area contributed by atoms with Gasteiger partial charge in [-0.25, -0.2) is 4.79 Å². The van der Waals surface area contributed by atoms with Crippen LogP contribution in [0.5, 0.6) is 0 Å². The van der Waals surface area contributed by atoms with Crippen LogP contribution in [0, 0.1) is 11.8 Å². The minimum Gasteiger partial charge on any atom is -0.480 e. The number of aliphatic hydroxyl groups is 1. The number of nitrogens with two attached hydrogens (primary N) is 1. The summed E-state index contributed by atoms with van der Waals surface area (Å²) in [6.45, 7) is 9.85. The van der Waals surface area contributed by atoms with E-state index in [1.165, 1.54) is 13.8 Å². The summed E-state index contributed by atoms with van der Waals surface area (Å²) >= 11 is 0. The molecule has 3 amide bonds. The maximum atomic E-state index is 12.4. The zero-order valence-electron chi connectivity index (χ0n) is 17.4. The van der Waals surface area contributed by atoms with Crippen LogP contribution in [0.15, 0.2) is 0 Å². The number of rotatable bonds is 11. The van der Waals surface area contributed by atoms with Crippen LogP contribution in [0.25, 0.3) is 0 Å². The molecule has 5 atom stereocenters. The first-order chi connectivity index (χ1) is 12.8. The molecule has 162 valence electrons. The number of nitrogens with one attached hydrogen (secondary N) is 3. The molecule has 0 aromatic carbocycles. The summed E-state index contributed by atoms with van der Waals surface area (Å²) in [4.78, 5) is 48.0. The molecule has 0 heterocycles. The third-order valence-electron chi connectivity index (χ3n) is 4.16. The Morgan fingerprint density at radius 2 is 1.39 bits per heavy atom. The van der Waals surface area contributed by atoms with Gasteiger partial charge in [0.1, 0.15) is 18.1 Å². The van der Waals surface area contributed by atoms with Gasteiger partial charge in [0.15, 0.2) is 0 Å². The average Bonchev–Trinajstić information content (AvgIpc) is 2.56. The zero-order valence-corrected chi connectivity index (χ0v) is 17.4. The van der Waals surface area contributed by atoms with Gasteiger partial charge in [-0.15, -0.1) is 0 Å². The molecule has 0 aromatic rings. The van der Waals surface area contributed by atoms with E-state index < -0.39 is 54.0 Å². The maximum absolute atomic E-state index is 12.4. The van der Waals surface area contributed by atoms with Crippen molar-refractivity contribution in [3.05, 3.63) is 0 Å². The minimum absolute atomic E-state index is 0.0152. The Morgan fingerprint density at radius 3 is 1.79 bits per heavy atom. The molecule has 0 saturated carbocycles. The first-order valence-corrected chi connectivity index (χ1v) is 9.35. The lowest BCUT2D eigenvalue weighted by atomic mass is 10.0. The fraction of sp³-hybridized carbons (Fsp3) is 0.778. The molecule has 7 N–H and O–H groups in total. The molecular weight excluding hydrogens is 368 g/mol. The van der Waals surface area contributed by atoms with Crippen molar-refractivity contribution < 1.29 is 29.4 Å². The molecule has 0 radical (unpaired) electrons. The third-order valence-corrected chi connectivity index (χ3v) is 4.16. The van der Waals surface area contributed by atoms with Gasteiger partial charge in [-0.1, -0.05) is 27.7 Å². The summed E-state index contributed by atoms with van der Waals surface area (Å²) in [5, 5.41) is 26.2. The van der Waals surface area contributed by atoms with E-state index in [4.69, 9.17) is 5.73 Å². The normalized spacial score (nSPS) is 16.6. The van der Waals surface area contributed by atoms with Crippen molar-refractivity contribution in [3.8, 4) is 0 Å². The topological polar surface area (TPSA) is 171 Å². The highest BCUT2D eigenvalue weighted by molar-refractivity contribution is 5.94. The average molecular weight is 402 g/mol. The van der Waals surface area contributed by atoms with Gasteiger partial charge in [-0.05, 0) is 32.1 Å². The largest absolute Gasteiger partial charge is 0.480 e. The minimum atomic E-state index is -1.38. The first-order valence-electron chi connectivity index (χ1n) is 9.35. The predicted octanol–water partition coefficient (Wildman–Crippen LogP) is -1.04. The second kappa shape index (κ2) is 11.6. The van der Waals surface area contributed by atoms with E-state index in [9.17, 15) is 29.4 Å². The van der Waals surface area contributed by atoms with Crippen molar-refractivity contribution >= 4 is 23.7 Å². The highest BCUT2D eigenvalue weighted by Gasteiger charge is 2.31. The molecule has 0 aliphatic heterocycles. The molecular formula is C18H34N4O6. The van der Waals surface area contributed by atoms with E-state index in [1.54, 1.807) is 13.8 Å². The molecule has 10 nitrogen and oxygen atoms in total. The second-order valence-electron chi connectivity index (χ2n) is 7.76. The van der Waals surface area contributed by atoms with Gasteiger partial charge < -0.3 is 31.9 Å².